The van der Waals surface area contributed by atoms with Crippen molar-refractivity contribution in [2.24, 2.45) is 11.1 Å². The maximum Gasteiger partial charge on any atom is 0.162 e. The number of aliphatic hydroxyl groups excluding tert-OH is 1. The summed E-state index contributed by atoms with van der Waals surface area (Å²) in [5.41, 5.74) is 2.80. The van der Waals surface area contributed by atoms with E-state index >= 15 is 0 Å². The van der Waals surface area contributed by atoms with Crippen LogP contribution < -0.4 is 0 Å². The van der Waals surface area contributed by atoms with E-state index in [1.807, 2.05) is 18.7 Å². The molecule has 0 aromatic rings. The lowest BCUT2D eigenvalue weighted by Crippen LogP contribution is -2.23. The molecule has 1 N–H and O–H groups in total. The number of allylic oxidation sites excluding steroid dienone is 2. The lowest BCUT2D eigenvalue weighted by atomic mass is 9.83. The maximum atomic E-state index is 12.2. The summed E-state index contributed by atoms with van der Waals surface area (Å²) in [5.74, 6) is 1.38. The first-order chi connectivity index (χ1) is 11.5. The lowest BCUT2D eigenvalue weighted by molar-refractivity contribution is -0.116. The van der Waals surface area contributed by atoms with Gasteiger partial charge < -0.3 is 9.94 Å². The van der Waals surface area contributed by atoms with Crippen molar-refractivity contribution in [1.29, 1.82) is 0 Å². The zero-order valence-electron chi connectivity index (χ0n) is 14.8. The van der Waals surface area contributed by atoms with E-state index in [-0.39, 0.29) is 17.5 Å². The Morgan fingerprint density at radius 2 is 2.33 bits per heavy atom. The van der Waals surface area contributed by atoms with Gasteiger partial charge in [-0.1, -0.05) is 30.6 Å². The number of hydrogen-bond donors (Lipinski definition) is 1. The second-order valence-electron chi connectivity index (χ2n) is 6.10. The van der Waals surface area contributed by atoms with Gasteiger partial charge in [0.2, 0.25) is 0 Å². The van der Waals surface area contributed by atoms with Gasteiger partial charge in [0.15, 0.2) is 5.78 Å². The van der Waals surface area contributed by atoms with Gasteiger partial charge in [-0.25, -0.2) is 0 Å². The molecule has 24 heavy (non-hydrogen) atoms. The average Bonchev–Trinajstić information content (AvgIpc) is 2.56. The zero-order valence-corrected chi connectivity index (χ0v) is 16.3. The topological polar surface area (TPSA) is 58.9 Å². The number of ketones is 1. The van der Waals surface area contributed by atoms with Crippen molar-refractivity contribution in [3.63, 3.8) is 0 Å². The molecule has 0 saturated carbocycles. The molecule has 0 saturated heterocycles. The van der Waals surface area contributed by atoms with Crippen LogP contribution in [-0.2, 0) is 9.63 Å². The van der Waals surface area contributed by atoms with Gasteiger partial charge in [0.05, 0.1) is 5.71 Å². The zero-order chi connectivity index (χ0) is 17.9. The smallest absolute Gasteiger partial charge is 0.162 e. The molecule has 2 atom stereocenters. The van der Waals surface area contributed by atoms with Gasteiger partial charge in [-0.2, -0.15) is 11.8 Å². The molecular weight excluding hydrogens is 346 g/mol. The highest BCUT2D eigenvalue weighted by atomic mass is 35.5. The molecular formula is C18H28ClNO3S. The summed E-state index contributed by atoms with van der Waals surface area (Å²) in [6, 6.07) is 0. The quantitative estimate of drug-likeness (QED) is 0.323. The maximum absolute atomic E-state index is 12.2. The molecule has 0 spiro atoms. The first-order valence-electron chi connectivity index (χ1n) is 8.47. The molecule has 1 rings (SSSR count). The molecule has 0 fully saturated rings. The Labute approximate surface area is 154 Å². The summed E-state index contributed by atoms with van der Waals surface area (Å²) in [5, 5.41) is 14.9. The van der Waals surface area contributed by atoms with Crippen molar-refractivity contribution in [2.75, 3.05) is 12.4 Å². The predicted molar refractivity (Wildman–Crippen MR) is 103 cm³/mol. The monoisotopic (exact) mass is 373 g/mol. The van der Waals surface area contributed by atoms with Crippen molar-refractivity contribution in [3.8, 4) is 0 Å². The van der Waals surface area contributed by atoms with Gasteiger partial charge in [0.1, 0.15) is 12.4 Å². The van der Waals surface area contributed by atoms with Crippen LogP contribution in [0, 0.1) is 5.92 Å². The highest BCUT2D eigenvalue weighted by molar-refractivity contribution is 7.99. The summed E-state index contributed by atoms with van der Waals surface area (Å²) < 4.78 is 0. The molecule has 4 nitrogen and oxygen atoms in total. The Kier molecular flexibility index (Phi) is 10.2. The van der Waals surface area contributed by atoms with Gasteiger partial charge in [-0.3, -0.25) is 4.79 Å². The molecule has 2 unspecified atom stereocenters. The summed E-state index contributed by atoms with van der Waals surface area (Å²) in [7, 11) is 0. The third-order valence-electron chi connectivity index (χ3n) is 3.87. The number of hydrogen-bond acceptors (Lipinski definition) is 5. The predicted octanol–water partition coefficient (Wildman–Crippen LogP) is 5.23. The molecule has 0 bridgehead atoms. The standard InChI is InChI=1S/C18H28ClNO3S/c1-4-10-24-14(3)12-16-17(21)7-6-15(18(16)22)11-13(2)20-23-9-5-8-19/h5,8,14-15,22H,4,6-7,9-12H2,1-3H3/b8-5?,20-13+. The van der Waals surface area contributed by atoms with Crippen LogP contribution in [0.1, 0.15) is 52.9 Å². The Bertz CT molecular complexity index is 502. The van der Waals surface area contributed by atoms with E-state index in [0.29, 0.717) is 43.1 Å². The summed E-state index contributed by atoms with van der Waals surface area (Å²) in [4.78, 5) is 17.3. The van der Waals surface area contributed by atoms with E-state index in [1.165, 1.54) is 5.54 Å². The lowest BCUT2D eigenvalue weighted by Gasteiger charge is -2.25. The summed E-state index contributed by atoms with van der Waals surface area (Å²) in [6.45, 7) is 6.45. The largest absolute Gasteiger partial charge is 0.512 e. The molecule has 0 aromatic heterocycles. The van der Waals surface area contributed by atoms with E-state index in [9.17, 15) is 9.90 Å². The number of thioether (sulfide) groups is 1. The van der Waals surface area contributed by atoms with Crippen molar-refractivity contribution in [3.05, 3.63) is 22.9 Å². The van der Waals surface area contributed by atoms with Crippen molar-refractivity contribution in [1.82, 2.24) is 0 Å². The van der Waals surface area contributed by atoms with Crippen molar-refractivity contribution < 1.29 is 14.7 Å². The Morgan fingerprint density at radius 3 is 3.00 bits per heavy atom. The number of aliphatic hydroxyl groups is 1. The number of oxime groups is 1. The van der Waals surface area contributed by atoms with Crippen LogP contribution in [0.15, 0.2) is 28.1 Å². The Balaban J connectivity index is 2.69. The number of carbonyl (C=O) groups is 1. The molecule has 1 aliphatic carbocycles. The average molecular weight is 374 g/mol. The van der Waals surface area contributed by atoms with E-state index in [0.717, 1.165) is 17.9 Å². The highest BCUT2D eigenvalue weighted by Gasteiger charge is 2.29. The Morgan fingerprint density at radius 1 is 1.58 bits per heavy atom. The fraction of sp³-hybridized carbons (Fsp3) is 0.667. The van der Waals surface area contributed by atoms with Crippen LogP contribution in [0.4, 0.5) is 0 Å². The number of nitrogens with zero attached hydrogens (tertiary/aromatic N) is 1. The van der Waals surface area contributed by atoms with Crippen molar-refractivity contribution >= 4 is 34.9 Å². The van der Waals surface area contributed by atoms with Crippen molar-refractivity contribution in [2.45, 2.75) is 58.1 Å². The van der Waals surface area contributed by atoms with Crippen LogP contribution in [0.25, 0.3) is 0 Å². The van der Waals surface area contributed by atoms with E-state index in [4.69, 9.17) is 16.4 Å². The first kappa shape index (κ1) is 21.1. The number of rotatable bonds is 10. The van der Waals surface area contributed by atoms with E-state index in [1.54, 1.807) is 6.08 Å². The van der Waals surface area contributed by atoms with Gasteiger partial charge in [0.25, 0.3) is 0 Å². The molecule has 0 amide bonds. The van der Waals surface area contributed by atoms with Gasteiger partial charge in [-0.15, -0.1) is 0 Å². The minimum Gasteiger partial charge on any atom is -0.512 e. The molecule has 136 valence electrons. The third-order valence-corrected chi connectivity index (χ3v) is 5.43. The second-order valence-corrected chi connectivity index (χ2v) is 7.89. The SMILES string of the molecule is CCCSC(C)CC1=C(O)C(C/C(C)=N/OCC=CCl)CCC1=O. The molecule has 0 aliphatic heterocycles. The summed E-state index contributed by atoms with van der Waals surface area (Å²) in [6.07, 6.45) is 5.17. The fourth-order valence-electron chi connectivity index (χ4n) is 2.69. The van der Waals surface area contributed by atoms with Crippen LogP contribution >= 0.6 is 23.4 Å². The molecule has 0 aromatic carbocycles. The van der Waals surface area contributed by atoms with Gasteiger partial charge in [0, 0.05) is 28.7 Å². The van der Waals surface area contributed by atoms with Crippen LogP contribution in [0.3, 0.4) is 0 Å². The van der Waals surface area contributed by atoms with E-state index < -0.39 is 0 Å². The molecule has 0 heterocycles. The van der Waals surface area contributed by atoms with Crippen LogP contribution in [-0.4, -0.2) is 34.2 Å². The molecule has 0 radical (unpaired) electrons. The molecule has 1 aliphatic rings. The third kappa shape index (κ3) is 7.31. The number of halogens is 1. The second kappa shape index (κ2) is 11.6. The minimum absolute atomic E-state index is 0.0444. The first-order valence-corrected chi connectivity index (χ1v) is 9.95. The van der Waals surface area contributed by atoms with E-state index in [2.05, 4.69) is 19.0 Å². The number of Topliss-reactive ketones (excluding diaryl/α,β-unsaturated/α-hetero) is 1. The van der Waals surface area contributed by atoms with Gasteiger partial charge >= 0.3 is 0 Å². The Hall–Kier alpha value is -0.940. The highest BCUT2D eigenvalue weighted by Crippen LogP contribution is 2.33. The molecule has 6 heteroatoms. The van der Waals surface area contributed by atoms with Crippen LogP contribution in [0.2, 0.25) is 0 Å². The van der Waals surface area contributed by atoms with Crippen LogP contribution in [0.5, 0.6) is 0 Å². The summed E-state index contributed by atoms with van der Waals surface area (Å²) >= 11 is 7.26. The van der Waals surface area contributed by atoms with Gasteiger partial charge in [-0.05, 0) is 44.4 Å². The number of carbonyl (C=O) groups excluding carboxylic acids is 1. The fourth-order valence-corrected chi connectivity index (χ4v) is 3.68. The normalized spacial score (nSPS) is 20.8. The minimum atomic E-state index is -0.0444.